The summed E-state index contributed by atoms with van der Waals surface area (Å²) in [6.07, 6.45) is 12.9. The van der Waals surface area contributed by atoms with Crippen LogP contribution < -0.4 is 14.7 Å². The van der Waals surface area contributed by atoms with Crippen molar-refractivity contribution in [2.75, 3.05) is 80.5 Å². The van der Waals surface area contributed by atoms with Crippen LogP contribution in [0, 0.1) is 0 Å². The lowest BCUT2D eigenvalue weighted by Crippen LogP contribution is -2.37. The molecule has 3 saturated heterocycles. The van der Waals surface area contributed by atoms with Crippen molar-refractivity contribution in [3.05, 3.63) is 91.8 Å². The zero-order chi connectivity index (χ0) is 46.0. The average molecular weight is 910 g/mol. The van der Waals surface area contributed by atoms with E-state index in [-0.39, 0.29) is 12.7 Å². The summed E-state index contributed by atoms with van der Waals surface area (Å²) in [7, 11) is 6.05. The predicted octanol–water partition coefficient (Wildman–Crippen LogP) is 8.43. The maximum atomic E-state index is 13.3. The van der Waals surface area contributed by atoms with Gasteiger partial charge in [-0.2, -0.15) is 0 Å². The van der Waals surface area contributed by atoms with Crippen LogP contribution in [0.1, 0.15) is 25.7 Å². The molecule has 9 aromatic heterocycles. The first kappa shape index (κ1) is 44.3. The lowest BCUT2D eigenvalue weighted by atomic mass is 10.1. The second kappa shape index (κ2) is 19.3. The standard InChI is InChI=1S/C20H25FN4O2.2C15H15FN4/c1-24-18-4-8-22-14-17(18)16-2-3-19(23-20(16)24)25-9-5-15(6-10-25)27-13-12-26-11-7-21;2*1-19-13-4-6-17-8-12(13)11-2-3-14(18-15(11)19)20-7-5-10(16)9-20/h2-4,8,14-15H,5-7,9-13H2,1H3;2*2-4,6,8,10H,5,7,9H2,1H3/t;2*10-/m.10/s1/i21-1;2*16-1. The van der Waals surface area contributed by atoms with E-state index in [9.17, 15) is 13.2 Å². The van der Waals surface area contributed by atoms with E-state index in [4.69, 9.17) is 24.4 Å². The Labute approximate surface area is 386 Å². The molecule has 0 radical (unpaired) electrons. The van der Waals surface area contributed by atoms with Crippen LogP contribution >= 0.6 is 0 Å². The van der Waals surface area contributed by atoms with Crippen molar-refractivity contribution in [1.29, 1.82) is 0 Å². The van der Waals surface area contributed by atoms with Crippen LogP contribution in [0.2, 0.25) is 0 Å². The van der Waals surface area contributed by atoms with Gasteiger partial charge in [-0.3, -0.25) is 15.0 Å². The van der Waals surface area contributed by atoms with E-state index in [1.54, 1.807) is 12.4 Å². The monoisotopic (exact) mass is 909 g/mol. The Balaban J connectivity index is 0.000000119. The topological polar surface area (TPSA) is 120 Å². The number of aryl methyl sites for hydroxylation is 3. The summed E-state index contributed by atoms with van der Waals surface area (Å²) in [4.78, 5) is 33.3. The highest BCUT2D eigenvalue weighted by Gasteiger charge is 2.26. The Hall–Kier alpha value is -6.59. The first-order chi connectivity index (χ1) is 32.7. The van der Waals surface area contributed by atoms with Gasteiger partial charge in [-0.1, -0.05) is 0 Å². The molecule has 9 aromatic rings. The fourth-order valence-electron chi connectivity index (χ4n) is 9.78. The minimum Gasteiger partial charge on any atom is -0.376 e. The maximum absolute atomic E-state index is 13.3. The van der Waals surface area contributed by atoms with Crippen molar-refractivity contribution in [1.82, 2.24) is 43.6 Å². The Morgan fingerprint density at radius 3 is 1.28 bits per heavy atom. The summed E-state index contributed by atoms with van der Waals surface area (Å²) in [6, 6.07) is 18.3. The molecule has 0 N–H and O–H groups in total. The quantitative estimate of drug-likeness (QED) is 0.130. The molecule has 0 saturated carbocycles. The van der Waals surface area contributed by atoms with Crippen molar-refractivity contribution in [3.63, 3.8) is 0 Å². The molecule has 0 spiro atoms. The smallest absolute Gasteiger partial charge is 0.143 e. The van der Waals surface area contributed by atoms with Crippen LogP contribution in [0.5, 0.6) is 0 Å². The number of alkyl halides is 3. The number of piperidine rings is 1. The zero-order valence-electron chi connectivity index (χ0n) is 38.1. The number of hydrogen-bond acceptors (Lipinski definition) is 11. The molecule has 348 valence electrons. The number of hydrogen-bond donors (Lipinski definition) is 0. The van der Waals surface area contributed by atoms with Gasteiger partial charge in [0, 0.05) is 117 Å². The highest BCUT2D eigenvalue weighted by atomic mass is 18.2. The van der Waals surface area contributed by atoms with Gasteiger partial charge < -0.3 is 37.9 Å². The molecular formula is C50H55F3N12O2. The number of fused-ring (bicyclic) bond motifs is 9. The fourth-order valence-corrected chi connectivity index (χ4v) is 9.78. The number of halogens is 3. The van der Waals surface area contributed by atoms with Gasteiger partial charge in [0.25, 0.3) is 0 Å². The number of anilines is 3. The number of ether oxygens (including phenoxy) is 2. The van der Waals surface area contributed by atoms with Gasteiger partial charge in [-0.05, 0) is 80.3 Å². The van der Waals surface area contributed by atoms with Crippen molar-refractivity contribution in [2.24, 2.45) is 21.1 Å². The minimum atomic E-state index is -0.732. The third kappa shape index (κ3) is 8.89. The van der Waals surface area contributed by atoms with Crippen molar-refractivity contribution in [3.8, 4) is 0 Å². The summed E-state index contributed by atoms with van der Waals surface area (Å²) < 4.78 is 55.9. The van der Waals surface area contributed by atoms with Gasteiger partial charge in [-0.15, -0.1) is 0 Å². The van der Waals surface area contributed by atoms with Gasteiger partial charge >= 0.3 is 0 Å². The van der Waals surface area contributed by atoms with E-state index in [1.807, 2.05) is 86.1 Å². The molecule has 67 heavy (non-hydrogen) atoms. The van der Waals surface area contributed by atoms with Gasteiger partial charge in [-0.25, -0.2) is 28.1 Å². The molecule has 0 unspecified atom stereocenters. The van der Waals surface area contributed by atoms with Gasteiger partial charge in [0.2, 0.25) is 0 Å². The summed E-state index contributed by atoms with van der Waals surface area (Å²) in [6.45, 7) is 4.91. The molecule has 14 nitrogen and oxygen atoms in total. The molecule has 3 aliphatic heterocycles. The molecule has 2 atom stereocenters. The Kier molecular flexibility index (Phi) is 12.8. The second-order valence-corrected chi connectivity index (χ2v) is 17.5. The lowest BCUT2D eigenvalue weighted by Gasteiger charge is -2.32. The van der Waals surface area contributed by atoms with Crippen LogP contribution in [-0.4, -0.2) is 128 Å². The highest BCUT2D eigenvalue weighted by molar-refractivity contribution is 6.08. The van der Waals surface area contributed by atoms with Crippen molar-refractivity contribution >= 4 is 83.3 Å². The Morgan fingerprint density at radius 2 is 0.896 bits per heavy atom. The summed E-state index contributed by atoms with van der Waals surface area (Å²) >= 11 is 0. The molecule has 0 amide bonds. The van der Waals surface area contributed by atoms with Crippen LogP contribution in [0.25, 0.3) is 65.8 Å². The molecule has 0 bridgehead atoms. The van der Waals surface area contributed by atoms with Crippen LogP contribution in [0.3, 0.4) is 0 Å². The van der Waals surface area contributed by atoms with E-state index in [1.165, 1.54) is 0 Å². The molecular weight excluding hydrogens is 855 g/mol. The van der Waals surface area contributed by atoms with Gasteiger partial charge in [0.15, 0.2) is 0 Å². The third-order valence-electron chi connectivity index (χ3n) is 13.4. The molecule has 12 heterocycles. The van der Waals surface area contributed by atoms with Crippen molar-refractivity contribution < 1.29 is 22.6 Å². The highest BCUT2D eigenvalue weighted by Crippen LogP contribution is 2.32. The Bertz CT molecular complexity index is 3030. The first-order valence-electron chi connectivity index (χ1n) is 23.1. The van der Waals surface area contributed by atoms with Crippen LogP contribution in [0.15, 0.2) is 91.8 Å². The second-order valence-electron chi connectivity index (χ2n) is 17.5. The number of aromatic nitrogens is 9. The SMILES string of the molecule is Cn1c2ccncc2c2ccc(N3CCC(OCCOCC[18F])CC3)nc21.Cn1c2ccncc2c2ccc(N3CC[C@@H]([18F])C3)nc21.Cn1c2ccncc2c2ccc(N3CC[C@H]([18F])C3)nc21. The summed E-state index contributed by atoms with van der Waals surface area (Å²) in [5.74, 6) is 2.72. The first-order valence-corrected chi connectivity index (χ1v) is 23.1. The van der Waals surface area contributed by atoms with Gasteiger partial charge in [0.05, 0.1) is 55.6 Å². The molecule has 12 rings (SSSR count). The van der Waals surface area contributed by atoms with Crippen LogP contribution in [0.4, 0.5) is 30.6 Å². The van der Waals surface area contributed by atoms with E-state index >= 15 is 0 Å². The van der Waals surface area contributed by atoms with E-state index in [0.29, 0.717) is 39.1 Å². The van der Waals surface area contributed by atoms with Crippen LogP contribution in [-0.2, 0) is 30.6 Å². The molecule has 3 aliphatic rings. The summed E-state index contributed by atoms with van der Waals surface area (Å²) in [5.41, 5.74) is 6.21. The van der Waals surface area contributed by atoms with E-state index < -0.39 is 19.0 Å². The van der Waals surface area contributed by atoms with E-state index in [0.717, 1.165) is 122 Å². The molecule has 3 fully saturated rings. The fraction of sp³-hybridized carbons (Fsp3) is 0.400. The maximum Gasteiger partial charge on any atom is 0.143 e. The zero-order valence-corrected chi connectivity index (χ0v) is 38.1. The largest absolute Gasteiger partial charge is 0.376 e. The molecule has 0 aromatic carbocycles. The lowest BCUT2D eigenvalue weighted by molar-refractivity contribution is -0.00667. The third-order valence-corrected chi connectivity index (χ3v) is 13.4. The average Bonchev–Trinajstić information content (AvgIpc) is 4.19. The predicted molar refractivity (Wildman–Crippen MR) is 259 cm³/mol. The van der Waals surface area contributed by atoms with E-state index in [2.05, 4.69) is 57.8 Å². The minimum absolute atomic E-state index is 0.153. The number of nitrogens with zero attached hydrogens (tertiary/aromatic N) is 12. The summed E-state index contributed by atoms with van der Waals surface area (Å²) in [5, 5.41) is 6.67. The molecule has 0 aliphatic carbocycles. The number of pyridine rings is 6. The molecule has 17 heteroatoms. The number of rotatable bonds is 9. The normalized spacial score (nSPS) is 17.9. The van der Waals surface area contributed by atoms with Crippen molar-refractivity contribution in [2.45, 2.75) is 44.1 Å². The Morgan fingerprint density at radius 1 is 0.493 bits per heavy atom. The van der Waals surface area contributed by atoms with Gasteiger partial charge in [0.1, 0.15) is 53.4 Å².